The van der Waals surface area contributed by atoms with Gasteiger partial charge in [-0.3, -0.25) is 4.90 Å². The highest BCUT2D eigenvalue weighted by molar-refractivity contribution is 7.09. The maximum atomic E-state index is 4.49. The summed E-state index contributed by atoms with van der Waals surface area (Å²) in [5, 5.41) is 7.20. The second-order valence-electron chi connectivity index (χ2n) is 7.79. The third-order valence-electron chi connectivity index (χ3n) is 4.97. The molecule has 2 aliphatic rings. The fourth-order valence-corrected chi connectivity index (χ4v) is 4.21. The van der Waals surface area contributed by atoms with Crippen LogP contribution >= 0.6 is 11.3 Å². The van der Waals surface area contributed by atoms with E-state index in [1.807, 2.05) is 6.20 Å². The average molecular weight is 293 g/mol. The molecule has 4 heteroatoms. The third-order valence-corrected chi connectivity index (χ3v) is 5.74. The van der Waals surface area contributed by atoms with Crippen molar-refractivity contribution >= 4 is 11.3 Å². The van der Waals surface area contributed by atoms with Gasteiger partial charge in [-0.25, -0.2) is 4.98 Å². The molecule has 0 bridgehead atoms. The fourth-order valence-electron chi connectivity index (χ4n) is 3.57. The molecule has 0 radical (unpaired) electrons. The third kappa shape index (κ3) is 2.92. The SMILES string of the molecule is CC(C)(C)C1CNC(C)(C2CC2)CN1Cc1nccs1. The lowest BCUT2D eigenvalue weighted by molar-refractivity contribution is 0.0145. The Morgan fingerprint density at radius 2 is 2.20 bits per heavy atom. The van der Waals surface area contributed by atoms with Crippen LogP contribution in [0.25, 0.3) is 0 Å². The highest BCUT2D eigenvalue weighted by Crippen LogP contribution is 2.43. The molecule has 1 saturated carbocycles. The number of piperazine rings is 1. The van der Waals surface area contributed by atoms with Crippen LogP contribution in [0.1, 0.15) is 45.5 Å². The first kappa shape index (κ1) is 14.5. The Morgan fingerprint density at radius 1 is 1.45 bits per heavy atom. The van der Waals surface area contributed by atoms with Crippen LogP contribution in [-0.2, 0) is 6.54 Å². The van der Waals surface area contributed by atoms with E-state index in [-0.39, 0.29) is 0 Å². The van der Waals surface area contributed by atoms with E-state index in [9.17, 15) is 0 Å². The summed E-state index contributed by atoms with van der Waals surface area (Å²) in [5.74, 6) is 0.877. The van der Waals surface area contributed by atoms with Crippen LogP contribution in [0.3, 0.4) is 0 Å². The second kappa shape index (κ2) is 5.08. The minimum Gasteiger partial charge on any atom is -0.308 e. The molecule has 1 aromatic rings. The highest BCUT2D eigenvalue weighted by Gasteiger charge is 2.47. The van der Waals surface area contributed by atoms with Crippen molar-refractivity contribution < 1.29 is 0 Å². The molecule has 1 saturated heterocycles. The van der Waals surface area contributed by atoms with Crippen molar-refractivity contribution in [3.8, 4) is 0 Å². The maximum Gasteiger partial charge on any atom is 0.107 e. The van der Waals surface area contributed by atoms with Gasteiger partial charge in [-0.05, 0) is 31.1 Å². The molecule has 0 aromatic carbocycles. The molecule has 0 amide bonds. The average Bonchev–Trinajstić information content (AvgIpc) is 3.09. The van der Waals surface area contributed by atoms with Crippen LogP contribution in [0, 0.1) is 11.3 Å². The number of nitrogens with zero attached hydrogens (tertiary/aromatic N) is 2. The molecule has 2 unspecified atom stereocenters. The first-order chi connectivity index (χ1) is 9.38. The Morgan fingerprint density at radius 3 is 2.75 bits per heavy atom. The summed E-state index contributed by atoms with van der Waals surface area (Å²) in [6, 6.07) is 0.582. The summed E-state index contributed by atoms with van der Waals surface area (Å²) in [4.78, 5) is 7.17. The van der Waals surface area contributed by atoms with E-state index in [0.717, 1.165) is 25.6 Å². The van der Waals surface area contributed by atoms with Crippen LogP contribution in [0.2, 0.25) is 0 Å². The van der Waals surface area contributed by atoms with Gasteiger partial charge in [0.1, 0.15) is 5.01 Å². The summed E-state index contributed by atoms with van der Waals surface area (Å²) < 4.78 is 0. The van der Waals surface area contributed by atoms with Crippen LogP contribution in [-0.4, -0.2) is 34.6 Å². The van der Waals surface area contributed by atoms with E-state index in [0.29, 0.717) is 17.0 Å². The lowest BCUT2D eigenvalue weighted by Crippen LogP contribution is -2.66. The van der Waals surface area contributed by atoms with Gasteiger partial charge in [0.15, 0.2) is 0 Å². The van der Waals surface area contributed by atoms with Crippen molar-refractivity contribution in [3.05, 3.63) is 16.6 Å². The summed E-state index contributed by atoms with van der Waals surface area (Å²) in [7, 11) is 0. The Kier molecular flexibility index (Phi) is 3.68. The normalized spacial score (nSPS) is 32.5. The topological polar surface area (TPSA) is 28.2 Å². The number of rotatable bonds is 3. The molecule has 1 N–H and O–H groups in total. The van der Waals surface area contributed by atoms with Crippen molar-refractivity contribution in [1.29, 1.82) is 0 Å². The zero-order valence-corrected chi connectivity index (χ0v) is 14.0. The molecule has 2 fully saturated rings. The van der Waals surface area contributed by atoms with Crippen molar-refractivity contribution in [1.82, 2.24) is 15.2 Å². The van der Waals surface area contributed by atoms with Gasteiger partial charge in [0, 0.05) is 36.2 Å². The largest absolute Gasteiger partial charge is 0.308 e. The van der Waals surface area contributed by atoms with Gasteiger partial charge < -0.3 is 5.32 Å². The molecule has 1 aromatic heterocycles. The lowest BCUT2D eigenvalue weighted by atomic mass is 9.81. The maximum absolute atomic E-state index is 4.49. The number of nitrogens with one attached hydrogen (secondary N) is 1. The van der Waals surface area contributed by atoms with E-state index < -0.39 is 0 Å². The molecule has 2 heterocycles. The van der Waals surface area contributed by atoms with Gasteiger partial charge in [-0.1, -0.05) is 20.8 Å². The zero-order chi connectivity index (χ0) is 14.4. The summed E-state index contributed by atoms with van der Waals surface area (Å²) in [5.41, 5.74) is 0.605. The van der Waals surface area contributed by atoms with Gasteiger partial charge in [0.2, 0.25) is 0 Å². The first-order valence-corrected chi connectivity index (χ1v) is 8.64. The lowest BCUT2D eigenvalue weighted by Gasteiger charge is -2.50. The van der Waals surface area contributed by atoms with Crippen LogP contribution in [0.4, 0.5) is 0 Å². The van der Waals surface area contributed by atoms with E-state index >= 15 is 0 Å². The van der Waals surface area contributed by atoms with Crippen LogP contribution < -0.4 is 5.32 Å². The molecule has 20 heavy (non-hydrogen) atoms. The van der Waals surface area contributed by atoms with E-state index in [1.54, 1.807) is 11.3 Å². The van der Waals surface area contributed by atoms with Crippen LogP contribution in [0.15, 0.2) is 11.6 Å². The Labute approximate surface area is 126 Å². The molecule has 112 valence electrons. The fraction of sp³-hybridized carbons (Fsp3) is 0.812. The minimum absolute atomic E-state index is 0.301. The Hall–Kier alpha value is -0.450. The molecule has 1 aliphatic heterocycles. The molecular formula is C16H27N3S. The van der Waals surface area contributed by atoms with E-state index in [4.69, 9.17) is 0 Å². The van der Waals surface area contributed by atoms with Crippen molar-refractivity contribution in [3.63, 3.8) is 0 Å². The Balaban J connectivity index is 1.78. The summed E-state index contributed by atoms with van der Waals surface area (Å²) in [6.07, 6.45) is 4.72. The predicted octanol–water partition coefficient (Wildman–Crippen LogP) is 3.13. The number of hydrogen-bond donors (Lipinski definition) is 1. The van der Waals surface area contributed by atoms with Gasteiger partial charge in [0.05, 0.1) is 6.54 Å². The number of hydrogen-bond acceptors (Lipinski definition) is 4. The van der Waals surface area contributed by atoms with Gasteiger partial charge in [0.25, 0.3) is 0 Å². The van der Waals surface area contributed by atoms with Gasteiger partial charge >= 0.3 is 0 Å². The van der Waals surface area contributed by atoms with Gasteiger partial charge in [-0.15, -0.1) is 11.3 Å². The minimum atomic E-state index is 0.301. The second-order valence-corrected chi connectivity index (χ2v) is 8.76. The zero-order valence-electron chi connectivity index (χ0n) is 13.1. The Bertz CT molecular complexity index is 447. The predicted molar refractivity (Wildman–Crippen MR) is 84.9 cm³/mol. The molecule has 0 spiro atoms. The highest BCUT2D eigenvalue weighted by atomic mass is 32.1. The molecular weight excluding hydrogens is 266 g/mol. The summed E-state index contributed by atoms with van der Waals surface area (Å²) >= 11 is 1.78. The smallest absolute Gasteiger partial charge is 0.107 e. The molecule has 2 atom stereocenters. The van der Waals surface area contributed by atoms with E-state index in [2.05, 4.69) is 48.3 Å². The monoisotopic (exact) mass is 293 g/mol. The van der Waals surface area contributed by atoms with Crippen LogP contribution in [0.5, 0.6) is 0 Å². The van der Waals surface area contributed by atoms with Gasteiger partial charge in [-0.2, -0.15) is 0 Å². The van der Waals surface area contributed by atoms with E-state index in [1.165, 1.54) is 17.8 Å². The molecule has 3 nitrogen and oxygen atoms in total. The standard InChI is InChI=1S/C16H27N3S/c1-15(2,3)13-9-18-16(4,12-5-6-12)11-19(13)10-14-17-7-8-20-14/h7-8,12-13,18H,5-6,9-11H2,1-4H3. The number of aromatic nitrogens is 1. The van der Waals surface area contributed by atoms with Crippen molar-refractivity contribution in [2.24, 2.45) is 11.3 Å². The quantitative estimate of drug-likeness (QED) is 0.928. The molecule has 3 rings (SSSR count). The number of thiazole rings is 1. The van der Waals surface area contributed by atoms with Crippen molar-refractivity contribution in [2.75, 3.05) is 13.1 Å². The summed E-state index contributed by atoms with van der Waals surface area (Å²) in [6.45, 7) is 12.7. The molecule has 1 aliphatic carbocycles. The van der Waals surface area contributed by atoms with Crippen molar-refractivity contribution in [2.45, 2.75) is 58.7 Å². The first-order valence-electron chi connectivity index (χ1n) is 7.76.